The molecule has 0 unspecified atom stereocenters. The highest BCUT2D eigenvalue weighted by Gasteiger charge is 2.23. The Balaban J connectivity index is 2.47. The Labute approximate surface area is 125 Å². The average molecular weight is 331 g/mol. The van der Waals surface area contributed by atoms with Crippen LogP contribution in [-0.4, -0.2) is 18.2 Å². The molecule has 2 rings (SSSR count). The molecule has 1 aromatic carbocycles. The fraction of sp³-hybridized carbons (Fsp3) is 0.0909. The third-order valence-electron chi connectivity index (χ3n) is 2.44. The summed E-state index contributed by atoms with van der Waals surface area (Å²) in [5, 5.41) is 12.6. The molecule has 1 N–H and O–H groups in total. The Kier molecular flexibility index (Phi) is 3.90. The van der Waals surface area contributed by atoms with Crippen molar-refractivity contribution >= 4 is 38.9 Å². The van der Waals surface area contributed by atoms with E-state index in [1.807, 2.05) is 6.07 Å². The van der Waals surface area contributed by atoms with Crippen LogP contribution in [0.15, 0.2) is 29.4 Å². The van der Waals surface area contributed by atoms with Crippen LogP contribution in [0, 0.1) is 11.3 Å². The molecular weight excluding hydrogens is 323 g/mol. The molecule has 0 saturated carbocycles. The third-order valence-corrected chi connectivity index (χ3v) is 4.64. The Morgan fingerprint density at radius 1 is 1.35 bits per heavy atom. The van der Waals surface area contributed by atoms with Crippen molar-refractivity contribution in [2.24, 2.45) is 7.05 Å². The van der Waals surface area contributed by atoms with Gasteiger partial charge in [0.2, 0.25) is 0 Å². The van der Waals surface area contributed by atoms with Gasteiger partial charge in [-0.3, -0.25) is 9.40 Å². The van der Waals surface area contributed by atoms with Crippen molar-refractivity contribution in [3.63, 3.8) is 0 Å². The predicted octanol–water partition coefficient (Wildman–Crippen LogP) is 2.40. The van der Waals surface area contributed by atoms with E-state index in [4.69, 9.17) is 28.5 Å². The van der Waals surface area contributed by atoms with Crippen molar-refractivity contribution in [3.8, 4) is 6.07 Å². The highest BCUT2D eigenvalue weighted by atomic mass is 35.5. The molecule has 2 aromatic rings. The third kappa shape index (κ3) is 2.72. The number of halogens is 2. The number of aryl methyl sites for hydroxylation is 1. The second-order valence-electron chi connectivity index (χ2n) is 3.83. The molecule has 0 radical (unpaired) electrons. The maximum atomic E-state index is 12.3. The molecule has 20 heavy (non-hydrogen) atoms. The molecule has 0 aliphatic rings. The molecule has 0 aliphatic heterocycles. The minimum atomic E-state index is -3.95. The van der Waals surface area contributed by atoms with Crippen LogP contribution in [0.1, 0.15) is 5.56 Å². The van der Waals surface area contributed by atoms with E-state index in [0.29, 0.717) is 0 Å². The van der Waals surface area contributed by atoms with E-state index in [0.717, 1.165) is 4.68 Å². The van der Waals surface area contributed by atoms with Gasteiger partial charge < -0.3 is 0 Å². The lowest BCUT2D eigenvalue weighted by Crippen LogP contribution is -2.17. The van der Waals surface area contributed by atoms with E-state index in [1.54, 1.807) is 0 Å². The van der Waals surface area contributed by atoms with Crippen molar-refractivity contribution in [3.05, 3.63) is 40.0 Å². The van der Waals surface area contributed by atoms with Gasteiger partial charge in [0.25, 0.3) is 10.0 Å². The number of sulfonamides is 1. The van der Waals surface area contributed by atoms with Crippen LogP contribution in [0.3, 0.4) is 0 Å². The first-order valence-electron chi connectivity index (χ1n) is 5.25. The average Bonchev–Trinajstić information content (AvgIpc) is 2.72. The standard InChI is InChI=1S/C11H8Cl2N4O2S/c1-17-11(9(13)6-15-17)20(18,19)16-10-4-7(5-14)2-3-8(10)12/h2-4,6,16H,1H3. The van der Waals surface area contributed by atoms with Crippen LogP contribution >= 0.6 is 23.2 Å². The molecular formula is C11H8Cl2N4O2S. The van der Waals surface area contributed by atoms with E-state index in [-0.39, 0.29) is 26.3 Å². The van der Waals surface area contributed by atoms with Gasteiger partial charge in [0, 0.05) is 7.05 Å². The summed E-state index contributed by atoms with van der Waals surface area (Å²) in [6.07, 6.45) is 1.23. The quantitative estimate of drug-likeness (QED) is 0.935. The maximum absolute atomic E-state index is 12.3. The van der Waals surface area contributed by atoms with E-state index in [2.05, 4.69) is 9.82 Å². The van der Waals surface area contributed by atoms with E-state index >= 15 is 0 Å². The monoisotopic (exact) mass is 330 g/mol. The van der Waals surface area contributed by atoms with Crippen LogP contribution in [0.25, 0.3) is 0 Å². The summed E-state index contributed by atoms with van der Waals surface area (Å²) in [6, 6.07) is 6.15. The number of nitrogens with one attached hydrogen (secondary N) is 1. The molecule has 6 nitrogen and oxygen atoms in total. The molecule has 0 fully saturated rings. The topological polar surface area (TPSA) is 87.8 Å². The van der Waals surface area contributed by atoms with E-state index in [1.165, 1.54) is 31.4 Å². The number of hydrogen-bond acceptors (Lipinski definition) is 4. The number of hydrogen-bond donors (Lipinski definition) is 1. The number of nitrogens with zero attached hydrogens (tertiary/aromatic N) is 3. The first kappa shape index (κ1) is 14.7. The summed E-state index contributed by atoms with van der Waals surface area (Å²) in [7, 11) is -2.50. The smallest absolute Gasteiger partial charge is 0.277 e. The van der Waals surface area contributed by atoms with Crippen molar-refractivity contribution in [1.29, 1.82) is 5.26 Å². The molecule has 104 valence electrons. The summed E-state index contributed by atoms with van der Waals surface area (Å²) >= 11 is 11.7. The zero-order valence-electron chi connectivity index (χ0n) is 10.1. The molecule has 0 saturated heterocycles. The number of aromatic nitrogens is 2. The van der Waals surface area contributed by atoms with Crippen LogP contribution < -0.4 is 4.72 Å². The summed E-state index contributed by atoms with van der Waals surface area (Å²) in [5.41, 5.74) is 0.381. The van der Waals surface area contributed by atoms with Gasteiger partial charge in [0.15, 0.2) is 5.03 Å². The van der Waals surface area contributed by atoms with Gasteiger partial charge in [-0.05, 0) is 18.2 Å². The van der Waals surface area contributed by atoms with E-state index in [9.17, 15) is 8.42 Å². The van der Waals surface area contributed by atoms with Crippen molar-refractivity contribution in [2.45, 2.75) is 5.03 Å². The number of nitriles is 1. The fourth-order valence-electron chi connectivity index (χ4n) is 1.57. The molecule has 0 amide bonds. The molecule has 1 heterocycles. The Morgan fingerprint density at radius 3 is 2.60 bits per heavy atom. The molecule has 0 aliphatic carbocycles. The molecule has 9 heteroatoms. The lowest BCUT2D eigenvalue weighted by Gasteiger charge is -2.10. The van der Waals surface area contributed by atoms with Gasteiger partial charge in [0.1, 0.15) is 0 Å². The highest BCUT2D eigenvalue weighted by molar-refractivity contribution is 7.92. The second-order valence-corrected chi connectivity index (χ2v) is 6.25. The normalized spacial score (nSPS) is 11.1. The second kappa shape index (κ2) is 5.32. The lowest BCUT2D eigenvalue weighted by atomic mass is 10.2. The predicted molar refractivity (Wildman–Crippen MR) is 75.2 cm³/mol. The van der Waals surface area contributed by atoms with E-state index < -0.39 is 10.0 Å². The lowest BCUT2D eigenvalue weighted by molar-refractivity contribution is 0.582. The zero-order valence-corrected chi connectivity index (χ0v) is 12.5. The van der Waals surface area contributed by atoms with Crippen LogP contribution in [0.2, 0.25) is 10.0 Å². The first-order valence-corrected chi connectivity index (χ1v) is 7.49. The molecule has 0 bridgehead atoms. The number of rotatable bonds is 3. The highest BCUT2D eigenvalue weighted by Crippen LogP contribution is 2.27. The van der Waals surface area contributed by atoms with Gasteiger partial charge in [-0.25, -0.2) is 0 Å². The van der Waals surface area contributed by atoms with Crippen LogP contribution in [0.4, 0.5) is 5.69 Å². The van der Waals surface area contributed by atoms with Gasteiger partial charge in [0.05, 0.1) is 33.6 Å². The Hall–Kier alpha value is -1.75. The van der Waals surface area contributed by atoms with Crippen LogP contribution in [-0.2, 0) is 17.1 Å². The Morgan fingerprint density at radius 2 is 2.05 bits per heavy atom. The van der Waals surface area contributed by atoms with Crippen LogP contribution in [0.5, 0.6) is 0 Å². The fourth-order valence-corrected chi connectivity index (χ4v) is 3.52. The molecule has 0 atom stereocenters. The van der Waals surface area contributed by atoms with Gasteiger partial charge in [-0.15, -0.1) is 0 Å². The van der Waals surface area contributed by atoms with Crippen molar-refractivity contribution in [1.82, 2.24) is 9.78 Å². The number of anilines is 1. The van der Waals surface area contributed by atoms with Gasteiger partial charge in [-0.2, -0.15) is 18.8 Å². The minimum Gasteiger partial charge on any atom is -0.277 e. The SMILES string of the molecule is Cn1ncc(Cl)c1S(=O)(=O)Nc1cc(C#N)ccc1Cl. The van der Waals surface area contributed by atoms with Crippen molar-refractivity contribution in [2.75, 3.05) is 4.72 Å². The van der Waals surface area contributed by atoms with Gasteiger partial charge >= 0.3 is 0 Å². The minimum absolute atomic E-state index is 0.00689. The van der Waals surface area contributed by atoms with Crippen molar-refractivity contribution < 1.29 is 8.42 Å². The summed E-state index contributed by atoms with van der Waals surface area (Å²) in [6.45, 7) is 0. The maximum Gasteiger partial charge on any atom is 0.280 e. The van der Waals surface area contributed by atoms with Gasteiger partial charge in [-0.1, -0.05) is 23.2 Å². The summed E-state index contributed by atoms with van der Waals surface area (Å²) < 4.78 is 27.9. The zero-order chi connectivity index (χ0) is 14.9. The largest absolute Gasteiger partial charge is 0.280 e. The summed E-state index contributed by atoms with van der Waals surface area (Å²) in [4.78, 5) is 0. The summed E-state index contributed by atoms with van der Waals surface area (Å²) in [5.74, 6) is 0. The molecule has 1 aromatic heterocycles. The number of benzene rings is 1. The first-order chi connectivity index (χ1) is 9.35. The molecule has 0 spiro atoms. The Bertz CT molecular complexity index is 789.